The van der Waals surface area contributed by atoms with E-state index in [4.69, 9.17) is 14.2 Å². The van der Waals surface area contributed by atoms with Crippen molar-refractivity contribution < 1.29 is 28.6 Å². The maximum atomic E-state index is 12.8. The number of hydrogen-bond acceptors (Lipinski definition) is 6. The first-order valence-corrected chi connectivity index (χ1v) is 28.0. The highest BCUT2D eigenvalue weighted by molar-refractivity contribution is 5.71. The molecule has 0 aromatic rings. The second kappa shape index (κ2) is 56.4. The van der Waals surface area contributed by atoms with Crippen molar-refractivity contribution in [3.63, 3.8) is 0 Å². The van der Waals surface area contributed by atoms with Gasteiger partial charge in [0.2, 0.25) is 0 Å². The van der Waals surface area contributed by atoms with Crippen molar-refractivity contribution in [2.45, 2.75) is 245 Å². The largest absolute Gasteiger partial charge is 0.462 e. The lowest BCUT2D eigenvalue weighted by atomic mass is 10.1. The quantitative estimate of drug-likeness (QED) is 0.0262. The number of hydrogen-bond donors (Lipinski definition) is 0. The molecule has 390 valence electrons. The van der Waals surface area contributed by atoms with Gasteiger partial charge in [0.05, 0.1) is 0 Å². The van der Waals surface area contributed by atoms with Crippen molar-refractivity contribution >= 4 is 17.9 Å². The SMILES string of the molecule is CC/C=C\C/C=C\C/C=C\C/C=C\C/C=C\CCCCCCCCCC(=O)OCC(COC(=O)CCCCCCCCC)OC(=O)CCCCCCC/C=C\C/C=C\C/C=C\C/C=C\C/C=C\CC. The summed E-state index contributed by atoms with van der Waals surface area (Å²) in [4.78, 5) is 37.9. The zero-order valence-electron chi connectivity index (χ0n) is 44.5. The van der Waals surface area contributed by atoms with Gasteiger partial charge in [-0.15, -0.1) is 0 Å². The molecule has 6 heteroatoms. The van der Waals surface area contributed by atoms with Crippen LogP contribution in [0.15, 0.2) is 122 Å². The summed E-state index contributed by atoms with van der Waals surface area (Å²) in [6.45, 7) is 6.33. The number of ether oxygens (including phenoxy) is 3. The Hall–Kier alpha value is -4.19. The Bertz CT molecular complexity index is 1470. The van der Waals surface area contributed by atoms with Crippen LogP contribution in [0, 0.1) is 0 Å². The summed E-state index contributed by atoms with van der Waals surface area (Å²) in [5.74, 6) is -0.933. The first kappa shape index (κ1) is 64.8. The molecule has 6 nitrogen and oxygen atoms in total. The number of carbonyl (C=O) groups excluding carboxylic acids is 3. The number of carbonyl (C=O) groups is 3. The predicted octanol–water partition coefficient (Wildman–Crippen LogP) is 18.9. The Morgan fingerprint density at radius 3 is 0.884 bits per heavy atom. The normalized spacial score (nSPS) is 13.0. The van der Waals surface area contributed by atoms with Crippen molar-refractivity contribution in [3.8, 4) is 0 Å². The van der Waals surface area contributed by atoms with E-state index in [0.717, 1.165) is 148 Å². The second-order valence-electron chi connectivity index (χ2n) is 18.1. The van der Waals surface area contributed by atoms with Crippen molar-refractivity contribution in [2.75, 3.05) is 13.2 Å². The fraction of sp³-hybridized carbons (Fsp3) is 0.635. The summed E-state index contributed by atoms with van der Waals surface area (Å²) < 4.78 is 16.8. The van der Waals surface area contributed by atoms with Gasteiger partial charge in [0, 0.05) is 19.3 Å². The molecule has 0 rings (SSSR count). The molecule has 0 spiro atoms. The summed E-state index contributed by atoms with van der Waals surface area (Å²) in [6, 6.07) is 0. The molecule has 0 bridgehead atoms. The molecule has 0 saturated carbocycles. The number of esters is 3. The molecule has 0 fully saturated rings. The van der Waals surface area contributed by atoms with Crippen LogP contribution in [0.3, 0.4) is 0 Å². The molecule has 0 radical (unpaired) electrons. The van der Waals surface area contributed by atoms with Crippen LogP contribution in [-0.4, -0.2) is 37.2 Å². The molecule has 1 atom stereocenters. The molecule has 0 aliphatic rings. The third kappa shape index (κ3) is 54.6. The fourth-order valence-electron chi connectivity index (χ4n) is 7.32. The van der Waals surface area contributed by atoms with Gasteiger partial charge in [-0.25, -0.2) is 0 Å². The Morgan fingerprint density at radius 2 is 0.565 bits per heavy atom. The Balaban J connectivity index is 4.30. The van der Waals surface area contributed by atoms with Gasteiger partial charge in [0.15, 0.2) is 6.10 Å². The lowest BCUT2D eigenvalue weighted by Crippen LogP contribution is -2.30. The predicted molar refractivity (Wildman–Crippen MR) is 297 cm³/mol. The van der Waals surface area contributed by atoms with E-state index in [1.165, 1.54) is 51.4 Å². The molecule has 0 aromatic heterocycles. The highest BCUT2D eigenvalue weighted by Crippen LogP contribution is 2.14. The first-order valence-electron chi connectivity index (χ1n) is 28.0. The van der Waals surface area contributed by atoms with E-state index in [2.05, 4.69) is 142 Å². The average Bonchev–Trinajstić information content (AvgIpc) is 3.35. The minimum absolute atomic E-state index is 0.0920. The smallest absolute Gasteiger partial charge is 0.306 e. The highest BCUT2D eigenvalue weighted by Gasteiger charge is 2.19. The lowest BCUT2D eigenvalue weighted by molar-refractivity contribution is -0.167. The van der Waals surface area contributed by atoms with Gasteiger partial charge < -0.3 is 14.2 Å². The molecule has 0 aromatic carbocycles. The number of allylic oxidation sites excluding steroid dienone is 20. The number of rotatable bonds is 49. The second-order valence-corrected chi connectivity index (χ2v) is 18.1. The molecule has 0 heterocycles. The van der Waals surface area contributed by atoms with Crippen LogP contribution >= 0.6 is 0 Å². The molecular formula is C63H102O6. The zero-order valence-corrected chi connectivity index (χ0v) is 44.5. The zero-order chi connectivity index (χ0) is 50.0. The maximum Gasteiger partial charge on any atom is 0.306 e. The fourth-order valence-corrected chi connectivity index (χ4v) is 7.32. The summed E-state index contributed by atoms with van der Waals surface area (Å²) in [7, 11) is 0. The number of unbranched alkanes of at least 4 members (excludes halogenated alkanes) is 18. The minimum Gasteiger partial charge on any atom is -0.462 e. The average molecular weight is 956 g/mol. The van der Waals surface area contributed by atoms with E-state index in [0.29, 0.717) is 19.3 Å². The third-order valence-electron chi connectivity index (χ3n) is 11.5. The molecule has 0 saturated heterocycles. The summed E-state index contributed by atoms with van der Waals surface area (Å²) in [5.41, 5.74) is 0. The van der Waals surface area contributed by atoms with Gasteiger partial charge in [0.1, 0.15) is 13.2 Å². The molecule has 1 unspecified atom stereocenters. The van der Waals surface area contributed by atoms with Gasteiger partial charge in [-0.3, -0.25) is 14.4 Å². The maximum absolute atomic E-state index is 12.8. The van der Waals surface area contributed by atoms with Crippen LogP contribution in [0.1, 0.15) is 239 Å². The van der Waals surface area contributed by atoms with E-state index in [1.54, 1.807) is 0 Å². The van der Waals surface area contributed by atoms with Gasteiger partial charge in [-0.2, -0.15) is 0 Å². The third-order valence-corrected chi connectivity index (χ3v) is 11.5. The molecular weight excluding hydrogens is 853 g/mol. The van der Waals surface area contributed by atoms with Crippen molar-refractivity contribution in [1.82, 2.24) is 0 Å². The van der Waals surface area contributed by atoms with Gasteiger partial charge in [-0.1, -0.05) is 232 Å². The highest BCUT2D eigenvalue weighted by atomic mass is 16.6. The van der Waals surface area contributed by atoms with E-state index >= 15 is 0 Å². The Labute approximate surface area is 424 Å². The molecule has 0 amide bonds. The molecule has 0 N–H and O–H groups in total. The molecule has 69 heavy (non-hydrogen) atoms. The Morgan fingerprint density at radius 1 is 0.304 bits per heavy atom. The van der Waals surface area contributed by atoms with Crippen molar-refractivity contribution in [1.29, 1.82) is 0 Å². The van der Waals surface area contributed by atoms with Gasteiger partial charge >= 0.3 is 17.9 Å². The summed E-state index contributed by atoms with van der Waals surface area (Å²) in [6.07, 6.45) is 77.7. The van der Waals surface area contributed by atoms with E-state index in [9.17, 15) is 14.4 Å². The topological polar surface area (TPSA) is 78.9 Å². The van der Waals surface area contributed by atoms with E-state index in [-0.39, 0.29) is 31.1 Å². The van der Waals surface area contributed by atoms with Crippen molar-refractivity contribution in [2.24, 2.45) is 0 Å². The first-order chi connectivity index (χ1) is 34.0. The van der Waals surface area contributed by atoms with Crippen LogP contribution in [0.25, 0.3) is 0 Å². The van der Waals surface area contributed by atoms with Crippen LogP contribution in [0.4, 0.5) is 0 Å². The summed E-state index contributed by atoms with van der Waals surface area (Å²) in [5, 5.41) is 0. The van der Waals surface area contributed by atoms with Crippen molar-refractivity contribution in [3.05, 3.63) is 122 Å². The van der Waals surface area contributed by atoms with E-state index in [1.807, 2.05) is 0 Å². The lowest BCUT2D eigenvalue weighted by Gasteiger charge is -2.18. The molecule has 0 aliphatic heterocycles. The van der Waals surface area contributed by atoms with Crippen LogP contribution in [-0.2, 0) is 28.6 Å². The van der Waals surface area contributed by atoms with Crippen LogP contribution < -0.4 is 0 Å². The minimum atomic E-state index is -0.794. The standard InChI is InChI=1S/C63H102O6/c1-4-7-10-13-16-18-20-22-24-26-28-30-31-33-34-36-38-40-42-44-47-50-53-56-62(65)68-59-60(58-67-61(64)55-52-49-46-15-12-9-6-3)69-63(66)57-54-51-48-45-43-41-39-37-35-32-29-27-25-23-21-19-17-14-11-8-5-2/h7-8,10-11,16-19,22-25,28-30,32-34,37,39,60H,4-6,9,12-15,20-21,26-27,31,35-36,38,40-59H2,1-3H3/b10-7-,11-8-,18-16-,19-17-,24-22-,25-23-,30-28-,32-29-,34-33-,39-37-. The Kier molecular flexibility index (Phi) is 53.0. The molecule has 0 aliphatic carbocycles. The monoisotopic (exact) mass is 955 g/mol. The van der Waals surface area contributed by atoms with E-state index < -0.39 is 6.10 Å². The summed E-state index contributed by atoms with van der Waals surface area (Å²) >= 11 is 0. The van der Waals surface area contributed by atoms with Gasteiger partial charge in [0.25, 0.3) is 0 Å². The van der Waals surface area contributed by atoms with Crippen LogP contribution in [0.2, 0.25) is 0 Å². The van der Waals surface area contributed by atoms with Crippen LogP contribution in [0.5, 0.6) is 0 Å². The van der Waals surface area contributed by atoms with Gasteiger partial charge in [-0.05, 0) is 109 Å².